The van der Waals surface area contributed by atoms with E-state index in [0.717, 1.165) is 30.9 Å². The third-order valence-electron chi connectivity index (χ3n) is 3.95. The zero-order valence-corrected chi connectivity index (χ0v) is 14.7. The van der Waals surface area contributed by atoms with Gasteiger partial charge < -0.3 is 15.0 Å². The van der Waals surface area contributed by atoms with E-state index in [0.29, 0.717) is 24.7 Å². The maximum absolute atomic E-state index is 12.5. The number of carbonyl (C=O) groups is 1. The van der Waals surface area contributed by atoms with Crippen LogP contribution in [-0.2, 0) is 6.54 Å². The molecule has 1 aliphatic rings. The highest BCUT2D eigenvalue weighted by atomic mass is 32.1. The van der Waals surface area contributed by atoms with Crippen molar-refractivity contribution in [2.75, 3.05) is 38.6 Å². The van der Waals surface area contributed by atoms with Gasteiger partial charge in [0.2, 0.25) is 5.88 Å². The number of aryl methyl sites for hydroxylation is 1. The molecule has 1 aliphatic heterocycles. The van der Waals surface area contributed by atoms with Crippen molar-refractivity contribution in [1.82, 2.24) is 19.8 Å². The predicted octanol–water partition coefficient (Wildman–Crippen LogP) is 2.20. The summed E-state index contributed by atoms with van der Waals surface area (Å²) in [6.07, 6.45) is 1.71. The summed E-state index contributed by atoms with van der Waals surface area (Å²) in [5, 5.41) is 4.97. The van der Waals surface area contributed by atoms with Gasteiger partial charge in [-0.3, -0.25) is 4.90 Å². The number of hydrogen-bond acceptors (Lipinski definition) is 6. The minimum Gasteiger partial charge on any atom is -0.480 e. The Balaban J connectivity index is 1.54. The first-order chi connectivity index (χ1) is 11.7. The molecule has 1 N–H and O–H groups in total. The van der Waals surface area contributed by atoms with Crippen LogP contribution in [-0.4, -0.2) is 59.1 Å². The van der Waals surface area contributed by atoms with Crippen LogP contribution in [0.25, 0.3) is 0 Å². The smallest absolute Gasteiger partial charge is 0.322 e. The molecule has 0 aliphatic carbocycles. The van der Waals surface area contributed by atoms with E-state index in [2.05, 4.69) is 25.6 Å². The van der Waals surface area contributed by atoms with Crippen molar-refractivity contribution in [3.05, 3.63) is 34.4 Å². The second-order valence-electron chi connectivity index (χ2n) is 5.74. The molecule has 2 amide bonds. The van der Waals surface area contributed by atoms with Crippen molar-refractivity contribution in [2.24, 2.45) is 0 Å². The minimum atomic E-state index is -0.117. The van der Waals surface area contributed by atoms with Crippen molar-refractivity contribution in [3.63, 3.8) is 0 Å². The number of thiazole rings is 1. The van der Waals surface area contributed by atoms with Gasteiger partial charge in [-0.1, -0.05) is 0 Å². The number of urea groups is 1. The molecule has 3 rings (SSSR count). The number of pyridine rings is 1. The number of amides is 2. The molecule has 3 heterocycles. The Kier molecular flexibility index (Phi) is 5.27. The summed E-state index contributed by atoms with van der Waals surface area (Å²) in [5.74, 6) is 0.427. The molecule has 0 unspecified atom stereocenters. The molecule has 8 heteroatoms. The molecule has 0 radical (unpaired) electrons. The Labute approximate surface area is 145 Å². The summed E-state index contributed by atoms with van der Waals surface area (Å²) >= 11 is 1.61. The molecular weight excluding hydrogens is 326 g/mol. The normalized spacial score (nSPS) is 15.3. The van der Waals surface area contributed by atoms with Crippen LogP contribution in [0.1, 0.15) is 11.3 Å². The van der Waals surface area contributed by atoms with Crippen LogP contribution in [0.5, 0.6) is 5.88 Å². The molecule has 0 bridgehead atoms. The molecule has 1 fully saturated rings. The standard InChI is InChI=1S/C16H21N5O2S/c1-12-7-14(15(23-2)17-8-12)19-16(22)21-5-3-20(4-6-21)9-13-10-24-11-18-13/h7-8,10-11H,3-6,9H2,1-2H3,(H,19,22). The van der Waals surface area contributed by atoms with Gasteiger partial charge in [-0.05, 0) is 18.6 Å². The van der Waals surface area contributed by atoms with Gasteiger partial charge >= 0.3 is 6.03 Å². The Hall–Kier alpha value is -2.19. The third kappa shape index (κ3) is 4.01. The number of rotatable bonds is 4. The van der Waals surface area contributed by atoms with Gasteiger partial charge in [0.05, 0.1) is 18.3 Å². The van der Waals surface area contributed by atoms with Gasteiger partial charge in [0.1, 0.15) is 5.69 Å². The Bertz CT molecular complexity index is 684. The van der Waals surface area contributed by atoms with Gasteiger partial charge in [0, 0.05) is 44.3 Å². The van der Waals surface area contributed by atoms with Gasteiger partial charge in [-0.2, -0.15) is 0 Å². The largest absolute Gasteiger partial charge is 0.480 e. The van der Waals surface area contributed by atoms with Gasteiger partial charge in [0.15, 0.2) is 0 Å². The average Bonchev–Trinajstić information content (AvgIpc) is 3.09. The number of methoxy groups -OCH3 is 1. The number of nitrogens with one attached hydrogen (secondary N) is 1. The fourth-order valence-electron chi connectivity index (χ4n) is 2.66. The molecule has 0 aromatic carbocycles. The fourth-order valence-corrected chi connectivity index (χ4v) is 3.21. The van der Waals surface area contributed by atoms with Crippen LogP contribution in [0, 0.1) is 6.92 Å². The third-order valence-corrected chi connectivity index (χ3v) is 4.59. The lowest BCUT2D eigenvalue weighted by molar-refractivity contribution is 0.142. The minimum absolute atomic E-state index is 0.117. The number of anilines is 1. The van der Waals surface area contributed by atoms with Crippen molar-refractivity contribution in [3.8, 4) is 5.88 Å². The lowest BCUT2D eigenvalue weighted by atomic mass is 10.3. The number of aromatic nitrogens is 2. The molecule has 2 aromatic heterocycles. The molecule has 7 nitrogen and oxygen atoms in total. The maximum Gasteiger partial charge on any atom is 0.322 e. The quantitative estimate of drug-likeness (QED) is 0.918. The Morgan fingerprint density at radius 2 is 2.12 bits per heavy atom. The summed E-state index contributed by atoms with van der Waals surface area (Å²) < 4.78 is 5.21. The molecule has 24 heavy (non-hydrogen) atoms. The van der Waals surface area contributed by atoms with Crippen molar-refractivity contribution >= 4 is 23.1 Å². The first-order valence-corrected chi connectivity index (χ1v) is 8.76. The van der Waals surface area contributed by atoms with E-state index >= 15 is 0 Å². The van der Waals surface area contributed by atoms with Crippen molar-refractivity contribution in [1.29, 1.82) is 0 Å². The highest BCUT2D eigenvalue weighted by molar-refractivity contribution is 7.07. The van der Waals surface area contributed by atoms with Crippen molar-refractivity contribution in [2.45, 2.75) is 13.5 Å². The zero-order valence-electron chi connectivity index (χ0n) is 13.9. The molecule has 0 saturated carbocycles. The highest BCUT2D eigenvalue weighted by Gasteiger charge is 2.22. The summed E-state index contributed by atoms with van der Waals surface area (Å²) in [6, 6.07) is 1.75. The van der Waals surface area contributed by atoms with Crippen LogP contribution in [0.15, 0.2) is 23.2 Å². The van der Waals surface area contributed by atoms with E-state index in [4.69, 9.17) is 4.74 Å². The molecule has 2 aromatic rings. The van der Waals surface area contributed by atoms with E-state index in [-0.39, 0.29) is 6.03 Å². The second kappa shape index (κ2) is 7.59. The lowest BCUT2D eigenvalue weighted by Crippen LogP contribution is -2.49. The van der Waals surface area contributed by atoms with E-state index in [1.165, 1.54) is 0 Å². The van der Waals surface area contributed by atoms with Gasteiger partial charge in [0.25, 0.3) is 0 Å². The molecule has 1 saturated heterocycles. The number of hydrogen-bond donors (Lipinski definition) is 1. The van der Waals surface area contributed by atoms with E-state index in [1.54, 1.807) is 24.6 Å². The topological polar surface area (TPSA) is 70.6 Å². The number of nitrogens with zero attached hydrogens (tertiary/aromatic N) is 4. The highest BCUT2D eigenvalue weighted by Crippen LogP contribution is 2.22. The maximum atomic E-state index is 12.5. The van der Waals surface area contributed by atoms with E-state index < -0.39 is 0 Å². The number of piperazine rings is 1. The average molecular weight is 347 g/mol. The van der Waals surface area contributed by atoms with E-state index in [9.17, 15) is 4.79 Å². The van der Waals surface area contributed by atoms with Crippen LogP contribution in [0.4, 0.5) is 10.5 Å². The first-order valence-electron chi connectivity index (χ1n) is 7.81. The molecule has 128 valence electrons. The van der Waals surface area contributed by atoms with Crippen LogP contribution < -0.4 is 10.1 Å². The SMILES string of the molecule is COc1ncc(C)cc1NC(=O)N1CCN(Cc2cscn2)CC1. The summed E-state index contributed by atoms with van der Waals surface area (Å²) in [7, 11) is 1.55. The van der Waals surface area contributed by atoms with Crippen LogP contribution in [0.3, 0.4) is 0 Å². The van der Waals surface area contributed by atoms with Crippen LogP contribution >= 0.6 is 11.3 Å². The Morgan fingerprint density at radius 1 is 1.33 bits per heavy atom. The van der Waals surface area contributed by atoms with Gasteiger partial charge in [-0.15, -0.1) is 11.3 Å². The summed E-state index contributed by atoms with van der Waals surface area (Å²) in [4.78, 5) is 25.1. The molecule has 0 atom stereocenters. The summed E-state index contributed by atoms with van der Waals surface area (Å²) in [5.41, 5.74) is 4.52. The summed E-state index contributed by atoms with van der Waals surface area (Å²) in [6.45, 7) is 5.84. The number of ether oxygens (including phenoxy) is 1. The first kappa shape index (κ1) is 16.7. The second-order valence-corrected chi connectivity index (χ2v) is 6.46. The monoisotopic (exact) mass is 347 g/mol. The number of carbonyl (C=O) groups excluding carboxylic acids is 1. The van der Waals surface area contributed by atoms with Crippen molar-refractivity contribution < 1.29 is 9.53 Å². The van der Waals surface area contributed by atoms with Gasteiger partial charge in [-0.25, -0.2) is 14.8 Å². The Morgan fingerprint density at radius 3 is 2.79 bits per heavy atom. The molecular formula is C16H21N5O2S. The zero-order chi connectivity index (χ0) is 16.9. The van der Waals surface area contributed by atoms with Crippen LogP contribution in [0.2, 0.25) is 0 Å². The van der Waals surface area contributed by atoms with E-state index in [1.807, 2.05) is 23.4 Å². The fraction of sp³-hybridized carbons (Fsp3) is 0.438. The lowest BCUT2D eigenvalue weighted by Gasteiger charge is -2.34. The predicted molar refractivity (Wildman–Crippen MR) is 93.5 cm³/mol. The molecule has 0 spiro atoms.